The molecule has 0 atom stereocenters. The molecule has 0 unspecified atom stereocenters. The zero-order chi connectivity index (χ0) is 22.0. The van der Waals surface area contributed by atoms with Crippen molar-refractivity contribution in [3.63, 3.8) is 0 Å². The van der Waals surface area contributed by atoms with E-state index in [0.29, 0.717) is 17.3 Å². The van der Waals surface area contributed by atoms with E-state index in [-0.39, 0.29) is 29.9 Å². The highest BCUT2D eigenvalue weighted by atomic mass is 127. The predicted octanol–water partition coefficient (Wildman–Crippen LogP) is 4.88. The second-order valence-corrected chi connectivity index (χ2v) is 7.43. The van der Waals surface area contributed by atoms with Crippen molar-refractivity contribution in [1.82, 2.24) is 15.6 Å². The molecule has 162 valence electrons. The van der Waals surface area contributed by atoms with E-state index in [9.17, 15) is 9.59 Å². The molecule has 1 heterocycles. The van der Waals surface area contributed by atoms with E-state index in [0.717, 1.165) is 20.1 Å². The SMILES string of the molecule is CC(=O)NN.Cc1nnc(-c2ccc(Br)cc2C)o1.I.O=C(O)c1ccc(Br)cc1. The Kier molecular flexibility index (Phi) is 13.4. The number of nitrogens with two attached hydrogens (primary N) is 1. The maximum Gasteiger partial charge on any atom is 0.335 e. The van der Waals surface area contributed by atoms with Crippen LogP contribution in [0.4, 0.5) is 0 Å². The molecule has 0 fully saturated rings. The molecule has 3 aromatic rings. The van der Waals surface area contributed by atoms with Crippen LogP contribution >= 0.6 is 55.8 Å². The number of hydrogen-bond acceptors (Lipinski definition) is 6. The number of carboxylic acids is 1. The average molecular weight is 656 g/mol. The third-order valence-corrected chi connectivity index (χ3v) is 4.26. The Morgan fingerprint density at radius 3 is 1.97 bits per heavy atom. The minimum Gasteiger partial charge on any atom is -0.478 e. The number of hydrogen-bond donors (Lipinski definition) is 3. The van der Waals surface area contributed by atoms with Crippen LogP contribution in [0.3, 0.4) is 0 Å². The first-order valence-electron chi connectivity index (χ1n) is 8.16. The number of benzene rings is 2. The first kappa shape index (κ1) is 28.2. The summed E-state index contributed by atoms with van der Waals surface area (Å²) in [7, 11) is 0. The Hall–Kier alpha value is -1.83. The van der Waals surface area contributed by atoms with Gasteiger partial charge >= 0.3 is 5.97 Å². The van der Waals surface area contributed by atoms with Crippen LogP contribution in [0.5, 0.6) is 0 Å². The van der Waals surface area contributed by atoms with E-state index in [4.69, 9.17) is 9.52 Å². The van der Waals surface area contributed by atoms with Crippen molar-refractivity contribution >= 4 is 67.7 Å². The van der Waals surface area contributed by atoms with Crippen molar-refractivity contribution < 1.29 is 19.1 Å². The lowest BCUT2D eigenvalue weighted by molar-refractivity contribution is -0.119. The van der Waals surface area contributed by atoms with Crippen LogP contribution in [0, 0.1) is 13.8 Å². The van der Waals surface area contributed by atoms with E-state index in [1.165, 1.54) is 6.92 Å². The zero-order valence-electron chi connectivity index (χ0n) is 16.3. The number of aromatic carboxylic acids is 1. The lowest BCUT2D eigenvalue weighted by Gasteiger charge is -2.00. The number of aromatic nitrogens is 2. The maximum absolute atomic E-state index is 10.3. The monoisotopic (exact) mass is 654 g/mol. The van der Waals surface area contributed by atoms with Gasteiger partial charge in [-0.05, 0) is 55.0 Å². The maximum atomic E-state index is 10.3. The number of carbonyl (C=O) groups is 2. The number of amides is 1. The van der Waals surface area contributed by atoms with E-state index < -0.39 is 5.97 Å². The number of aryl methyl sites for hydroxylation is 2. The molecule has 30 heavy (non-hydrogen) atoms. The number of nitrogens with one attached hydrogen (secondary N) is 1. The second-order valence-electron chi connectivity index (χ2n) is 5.60. The first-order chi connectivity index (χ1) is 13.6. The van der Waals surface area contributed by atoms with Gasteiger partial charge in [-0.25, -0.2) is 10.6 Å². The number of halogens is 3. The van der Waals surface area contributed by atoms with Crippen LogP contribution < -0.4 is 11.3 Å². The van der Waals surface area contributed by atoms with Crippen molar-refractivity contribution in [2.75, 3.05) is 0 Å². The molecule has 0 bridgehead atoms. The largest absolute Gasteiger partial charge is 0.478 e. The summed E-state index contributed by atoms with van der Waals surface area (Å²) >= 11 is 6.61. The molecule has 0 aliphatic rings. The van der Waals surface area contributed by atoms with Gasteiger partial charge in [0.05, 0.1) is 5.56 Å². The Morgan fingerprint density at radius 2 is 1.57 bits per heavy atom. The van der Waals surface area contributed by atoms with Crippen LogP contribution in [-0.4, -0.2) is 27.2 Å². The van der Waals surface area contributed by atoms with E-state index in [2.05, 4.69) is 47.9 Å². The van der Waals surface area contributed by atoms with E-state index >= 15 is 0 Å². The van der Waals surface area contributed by atoms with Gasteiger partial charge in [0.1, 0.15) is 0 Å². The Labute approximate surface area is 207 Å². The lowest BCUT2D eigenvalue weighted by atomic mass is 10.1. The van der Waals surface area contributed by atoms with Crippen LogP contribution in [0.1, 0.15) is 28.7 Å². The first-order valence-corrected chi connectivity index (χ1v) is 9.75. The molecule has 0 radical (unpaired) electrons. The average Bonchev–Trinajstić information content (AvgIpc) is 3.09. The van der Waals surface area contributed by atoms with Gasteiger partial charge in [0, 0.05) is 28.4 Å². The molecule has 0 spiro atoms. The minimum absolute atomic E-state index is 0. The molecule has 1 amide bonds. The molecule has 0 saturated heterocycles. The van der Waals surface area contributed by atoms with E-state index in [1.54, 1.807) is 31.2 Å². The quantitative estimate of drug-likeness (QED) is 0.155. The lowest BCUT2D eigenvalue weighted by Crippen LogP contribution is -2.26. The van der Waals surface area contributed by atoms with Gasteiger partial charge in [-0.3, -0.25) is 10.2 Å². The van der Waals surface area contributed by atoms with Gasteiger partial charge in [0.15, 0.2) is 0 Å². The number of carboxylic acid groups (broad SMARTS) is 1. The van der Waals surface area contributed by atoms with Gasteiger partial charge in [-0.2, -0.15) is 0 Å². The molecule has 3 rings (SSSR count). The Balaban J connectivity index is 0.000000463. The summed E-state index contributed by atoms with van der Waals surface area (Å²) in [5, 5.41) is 16.2. The summed E-state index contributed by atoms with van der Waals surface area (Å²) in [4.78, 5) is 19.9. The van der Waals surface area contributed by atoms with Gasteiger partial charge in [0.2, 0.25) is 17.7 Å². The molecule has 8 nitrogen and oxygen atoms in total. The molecule has 1 aromatic heterocycles. The van der Waals surface area contributed by atoms with Gasteiger partial charge < -0.3 is 9.52 Å². The molecule has 0 aliphatic heterocycles. The van der Waals surface area contributed by atoms with Crippen LogP contribution in [0.25, 0.3) is 11.5 Å². The molecule has 11 heteroatoms. The highest BCUT2D eigenvalue weighted by Crippen LogP contribution is 2.24. The summed E-state index contributed by atoms with van der Waals surface area (Å²) in [5.74, 6) is 4.62. The normalized spacial score (nSPS) is 9.13. The smallest absolute Gasteiger partial charge is 0.335 e. The van der Waals surface area contributed by atoms with Crippen molar-refractivity contribution in [3.05, 3.63) is 68.4 Å². The highest BCUT2D eigenvalue weighted by Gasteiger charge is 2.08. The molecule has 0 aliphatic carbocycles. The molecular formula is C19H21Br2IN4O4. The fourth-order valence-corrected chi connectivity index (χ4v) is 2.60. The van der Waals surface area contributed by atoms with Crippen molar-refractivity contribution in [2.45, 2.75) is 20.8 Å². The Morgan fingerprint density at radius 1 is 1.03 bits per heavy atom. The van der Waals surface area contributed by atoms with Crippen molar-refractivity contribution in [2.24, 2.45) is 5.84 Å². The van der Waals surface area contributed by atoms with Gasteiger partial charge in [0.25, 0.3) is 0 Å². The molecule has 2 aromatic carbocycles. The second kappa shape index (κ2) is 14.2. The molecule has 0 saturated carbocycles. The number of carbonyl (C=O) groups excluding carboxylic acids is 1. The topological polar surface area (TPSA) is 131 Å². The number of nitrogens with zero attached hydrogens (tertiary/aromatic N) is 2. The van der Waals surface area contributed by atoms with Crippen LogP contribution in [-0.2, 0) is 4.79 Å². The van der Waals surface area contributed by atoms with Crippen LogP contribution in [0.15, 0.2) is 55.8 Å². The number of rotatable bonds is 2. The standard InChI is InChI=1S/C10H9BrN2O.C7H5BrO2.C2H6N2O.HI/c1-6-5-8(11)3-4-9(6)10-13-12-7(2)14-10;8-6-3-1-5(2-4-6)7(9)10;1-2(5)4-3;/h3-5H,1-2H3;1-4H,(H,9,10);3H2,1H3,(H,4,5);1H. The van der Waals surface area contributed by atoms with E-state index in [1.807, 2.05) is 30.5 Å². The molecular weight excluding hydrogens is 635 g/mol. The third kappa shape index (κ3) is 10.3. The highest BCUT2D eigenvalue weighted by molar-refractivity contribution is 14.0. The summed E-state index contributed by atoms with van der Waals surface area (Å²) in [6.07, 6.45) is 0. The molecule has 4 N–H and O–H groups in total. The fourth-order valence-electron chi connectivity index (χ4n) is 1.86. The summed E-state index contributed by atoms with van der Waals surface area (Å²) in [6, 6.07) is 12.4. The summed E-state index contributed by atoms with van der Waals surface area (Å²) in [6.45, 7) is 5.14. The predicted molar refractivity (Wildman–Crippen MR) is 131 cm³/mol. The summed E-state index contributed by atoms with van der Waals surface area (Å²) < 4.78 is 7.29. The third-order valence-electron chi connectivity index (χ3n) is 3.24. The summed E-state index contributed by atoms with van der Waals surface area (Å²) in [5.41, 5.74) is 4.29. The fraction of sp³-hybridized carbons (Fsp3) is 0.158. The van der Waals surface area contributed by atoms with Gasteiger partial charge in [-0.1, -0.05) is 31.9 Å². The van der Waals surface area contributed by atoms with Crippen molar-refractivity contribution in [3.8, 4) is 11.5 Å². The Bertz CT molecular complexity index is 965. The zero-order valence-corrected chi connectivity index (χ0v) is 21.9. The van der Waals surface area contributed by atoms with Crippen LogP contribution in [0.2, 0.25) is 0 Å². The number of hydrazine groups is 1. The minimum atomic E-state index is -0.896. The van der Waals surface area contributed by atoms with Gasteiger partial charge in [-0.15, -0.1) is 34.2 Å². The van der Waals surface area contributed by atoms with Crippen molar-refractivity contribution in [1.29, 1.82) is 0 Å².